The summed E-state index contributed by atoms with van der Waals surface area (Å²) in [5.74, 6) is -3.42. The van der Waals surface area contributed by atoms with Crippen LogP contribution in [0.1, 0.15) is 119 Å². The summed E-state index contributed by atoms with van der Waals surface area (Å²) in [6.45, 7) is 11.7. The van der Waals surface area contributed by atoms with E-state index < -0.39 is 72.2 Å². The minimum Gasteiger partial charge on any atom is -0.456 e. The lowest BCUT2D eigenvalue weighted by Crippen LogP contribution is -2.52. The first-order chi connectivity index (χ1) is 26.0. The van der Waals surface area contributed by atoms with Crippen LogP contribution in [0.3, 0.4) is 0 Å². The van der Waals surface area contributed by atoms with Crippen molar-refractivity contribution in [3.63, 3.8) is 0 Å². The molecule has 12 heteroatoms. The molecule has 1 aliphatic carbocycles. The zero-order valence-corrected chi connectivity index (χ0v) is 34.9. The van der Waals surface area contributed by atoms with Crippen LogP contribution in [0.15, 0.2) is 23.3 Å². The van der Waals surface area contributed by atoms with Crippen LogP contribution >= 0.6 is 0 Å². The van der Waals surface area contributed by atoms with E-state index in [2.05, 4.69) is 6.92 Å². The molecular formula is C43H71NO11. The molecule has 2 aliphatic heterocycles. The Balaban J connectivity index is 2.02. The second-order valence-corrected chi connectivity index (χ2v) is 16.9. The number of ketones is 2. The first kappa shape index (κ1) is 46.9. The molecule has 2 heterocycles. The number of piperidine rings is 1. The number of cyclic esters (lactones) is 1. The van der Waals surface area contributed by atoms with Crippen LogP contribution in [0.25, 0.3) is 0 Å². The van der Waals surface area contributed by atoms with Crippen LogP contribution in [0, 0.1) is 29.6 Å². The van der Waals surface area contributed by atoms with Crippen molar-refractivity contribution >= 4 is 23.4 Å². The van der Waals surface area contributed by atoms with Crippen molar-refractivity contribution in [1.29, 1.82) is 0 Å². The molecule has 1 saturated carbocycles. The number of fused-ring (bicyclic) bond motifs is 1. The van der Waals surface area contributed by atoms with Crippen molar-refractivity contribution in [3.8, 4) is 0 Å². The Bertz CT molecular complexity index is 1330. The number of Topliss-reactive ketones (excluding diaryl/α,β-unsaturated/α-hetero) is 2. The van der Waals surface area contributed by atoms with Gasteiger partial charge in [-0.3, -0.25) is 14.4 Å². The van der Waals surface area contributed by atoms with E-state index in [0.29, 0.717) is 69.8 Å². The van der Waals surface area contributed by atoms with Gasteiger partial charge in [0.1, 0.15) is 24.0 Å². The third kappa shape index (κ3) is 13.3. The quantitative estimate of drug-likeness (QED) is 0.186. The number of ether oxygens (including phenoxy) is 4. The van der Waals surface area contributed by atoms with Crippen molar-refractivity contribution in [1.82, 2.24) is 4.90 Å². The number of methoxy groups -OCH3 is 3. The molecule has 0 bridgehead atoms. The molecule has 0 spiro atoms. The van der Waals surface area contributed by atoms with Gasteiger partial charge in [0.15, 0.2) is 0 Å². The number of hydrogen-bond donors (Lipinski definition) is 3. The van der Waals surface area contributed by atoms with Crippen LogP contribution in [0.4, 0.5) is 0 Å². The summed E-state index contributed by atoms with van der Waals surface area (Å²) in [4.78, 5) is 56.5. The van der Waals surface area contributed by atoms with E-state index in [-0.39, 0.29) is 49.0 Å². The fourth-order valence-corrected chi connectivity index (χ4v) is 8.91. The second-order valence-electron chi connectivity index (χ2n) is 16.9. The lowest BCUT2D eigenvalue weighted by atomic mass is 9.81. The molecule has 0 aromatic heterocycles. The molecule has 3 rings (SSSR count). The summed E-state index contributed by atoms with van der Waals surface area (Å²) in [7, 11) is 4.63. The van der Waals surface area contributed by atoms with Gasteiger partial charge in [-0.25, -0.2) is 4.79 Å². The van der Waals surface area contributed by atoms with Crippen LogP contribution in [-0.4, -0.2) is 120 Å². The van der Waals surface area contributed by atoms with Crippen LogP contribution in [-0.2, 0) is 38.1 Å². The summed E-state index contributed by atoms with van der Waals surface area (Å²) in [5, 5.41) is 33.4. The molecule has 2 fully saturated rings. The maximum atomic E-state index is 14.1. The number of aliphatic hydroxyl groups excluding tert-OH is 3. The number of hydrogen-bond acceptors (Lipinski definition) is 11. The summed E-state index contributed by atoms with van der Waals surface area (Å²) in [5.41, 5.74) is 1.72. The number of esters is 1. The highest BCUT2D eigenvalue weighted by Crippen LogP contribution is 2.33. The minimum absolute atomic E-state index is 0.0295. The Morgan fingerprint density at radius 3 is 2.05 bits per heavy atom. The third-order valence-corrected chi connectivity index (χ3v) is 12.2. The summed E-state index contributed by atoms with van der Waals surface area (Å²) in [6, 6.07) is -0.985. The number of amides is 1. The average molecular weight is 778 g/mol. The SMILES string of the molecule is CC[C@@H]1/C=C(\C)C[C@H](C)C[C@H](OC)[C@H](O)[C@@H](OC)C[C@@H](C)CC(=O)C(=O)N2CCCC[C@H]2C(=O)O[C@H](/C(C)=C/C2CC[C@@H](O)[C@H](OC)C2)[C@H](C)[C@@H](O)CC1=O. The van der Waals surface area contributed by atoms with Gasteiger partial charge < -0.3 is 39.2 Å². The zero-order chi connectivity index (χ0) is 41.0. The van der Waals surface area contributed by atoms with Crippen molar-refractivity contribution in [2.45, 2.75) is 167 Å². The standard InChI is InChI=1S/C43H71NO11/c1-10-31-18-25(2)17-26(3)20-38(53-8)40(49)39(54-9)21-27(4)19-36(48)42(50)44-16-12-11-13-32(44)43(51)55-41(29(6)34(46)24-35(31)47)28(5)22-30-14-15-33(45)37(23-30)52-7/h18,22,26-27,29-34,37-41,45-46,49H,10-17,19-21,23-24H2,1-9H3/b25-18+,28-22+/t26-,27-,29+,30?,31+,32-,33+,34-,37+,38-,39-,40-,41+/m0/s1. The molecule has 0 radical (unpaired) electrons. The molecule has 55 heavy (non-hydrogen) atoms. The number of carbonyl (C=O) groups is 4. The molecule has 314 valence electrons. The largest absolute Gasteiger partial charge is 0.456 e. The predicted octanol–water partition coefficient (Wildman–Crippen LogP) is 5.14. The molecule has 0 aromatic carbocycles. The third-order valence-electron chi connectivity index (χ3n) is 12.2. The molecule has 12 nitrogen and oxygen atoms in total. The molecule has 0 aromatic rings. The van der Waals surface area contributed by atoms with Crippen molar-refractivity contribution in [2.75, 3.05) is 27.9 Å². The highest BCUT2D eigenvalue weighted by Gasteiger charge is 2.40. The van der Waals surface area contributed by atoms with E-state index in [4.69, 9.17) is 18.9 Å². The maximum absolute atomic E-state index is 14.1. The lowest BCUT2D eigenvalue weighted by molar-refractivity contribution is -0.164. The predicted molar refractivity (Wildman–Crippen MR) is 209 cm³/mol. The Hall–Kier alpha value is -2.48. The van der Waals surface area contributed by atoms with E-state index in [9.17, 15) is 34.5 Å². The molecule has 1 unspecified atom stereocenters. The van der Waals surface area contributed by atoms with E-state index in [0.717, 1.165) is 5.57 Å². The highest BCUT2D eigenvalue weighted by molar-refractivity contribution is 6.36. The molecule has 3 aliphatic rings. The van der Waals surface area contributed by atoms with Gasteiger partial charge in [-0.05, 0) is 101 Å². The normalized spacial score (nSPS) is 38.8. The summed E-state index contributed by atoms with van der Waals surface area (Å²) in [6.07, 6.45) is 4.18. The number of carbonyl (C=O) groups excluding carboxylic acids is 4. The maximum Gasteiger partial charge on any atom is 0.329 e. The Kier molecular flexibility index (Phi) is 19.1. The number of allylic oxidation sites excluding steroid dienone is 3. The monoisotopic (exact) mass is 778 g/mol. The van der Waals surface area contributed by atoms with Gasteiger partial charge in [-0.2, -0.15) is 0 Å². The van der Waals surface area contributed by atoms with Crippen molar-refractivity contribution < 1.29 is 53.4 Å². The Morgan fingerprint density at radius 2 is 1.45 bits per heavy atom. The number of nitrogens with zero attached hydrogens (tertiary/aromatic N) is 1. The second kappa shape index (κ2) is 22.5. The molecule has 1 amide bonds. The van der Waals surface area contributed by atoms with Gasteiger partial charge in [-0.15, -0.1) is 0 Å². The van der Waals surface area contributed by atoms with E-state index in [1.165, 1.54) is 12.0 Å². The van der Waals surface area contributed by atoms with E-state index >= 15 is 0 Å². The molecule has 1 saturated heterocycles. The van der Waals surface area contributed by atoms with Gasteiger partial charge in [0.2, 0.25) is 5.78 Å². The van der Waals surface area contributed by atoms with Gasteiger partial charge in [-0.1, -0.05) is 45.4 Å². The van der Waals surface area contributed by atoms with Gasteiger partial charge in [0.25, 0.3) is 5.91 Å². The van der Waals surface area contributed by atoms with Crippen LogP contribution in [0.2, 0.25) is 0 Å². The first-order valence-corrected chi connectivity index (χ1v) is 20.6. The van der Waals surface area contributed by atoms with Crippen molar-refractivity contribution in [2.24, 2.45) is 29.6 Å². The fraction of sp³-hybridized carbons (Fsp3) is 0.814. The zero-order valence-electron chi connectivity index (χ0n) is 34.9. The van der Waals surface area contributed by atoms with E-state index in [1.807, 2.05) is 39.8 Å². The Morgan fingerprint density at radius 1 is 0.836 bits per heavy atom. The summed E-state index contributed by atoms with van der Waals surface area (Å²) >= 11 is 0. The van der Waals surface area contributed by atoms with Gasteiger partial charge in [0, 0.05) is 52.6 Å². The number of rotatable bonds is 6. The van der Waals surface area contributed by atoms with E-state index in [1.54, 1.807) is 21.1 Å². The molecule has 3 N–H and O–H groups in total. The average Bonchev–Trinajstić information content (AvgIpc) is 3.16. The number of aliphatic hydroxyl groups is 3. The lowest BCUT2D eigenvalue weighted by Gasteiger charge is -2.37. The first-order valence-electron chi connectivity index (χ1n) is 20.6. The van der Waals surface area contributed by atoms with Crippen LogP contribution < -0.4 is 0 Å². The summed E-state index contributed by atoms with van der Waals surface area (Å²) < 4.78 is 23.2. The highest BCUT2D eigenvalue weighted by atomic mass is 16.5. The Labute approximate surface area is 329 Å². The van der Waals surface area contributed by atoms with Crippen molar-refractivity contribution in [3.05, 3.63) is 23.3 Å². The van der Waals surface area contributed by atoms with Crippen LogP contribution in [0.5, 0.6) is 0 Å². The van der Waals surface area contributed by atoms with Gasteiger partial charge >= 0.3 is 5.97 Å². The molecular weight excluding hydrogens is 706 g/mol. The molecule has 13 atom stereocenters. The fourth-order valence-electron chi connectivity index (χ4n) is 8.91. The minimum atomic E-state index is -1.14. The van der Waals surface area contributed by atoms with Gasteiger partial charge in [0.05, 0.1) is 30.5 Å². The topological polar surface area (TPSA) is 169 Å². The smallest absolute Gasteiger partial charge is 0.329 e.